The van der Waals surface area contributed by atoms with Crippen molar-refractivity contribution in [1.29, 1.82) is 0 Å². The van der Waals surface area contributed by atoms with Gasteiger partial charge in [-0.1, -0.05) is 13.3 Å². The number of hydrogen-bond donors (Lipinski definition) is 0. The first-order valence-corrected chi connectivity index (χ1v) is 3.45. The molecule has 1 heterocycles. The van der Waals surface area contributed by atoms with Crippen LogP contribution < -0.4 is 0 Å². The molecule has 1 fully saturated rings. The van der Waals surface area contributed by atoms with Gasteiger partial charge >= 0.3 is 5.97 Å². The van der Waals surface area contributed by atoms with Crippen molar-refractivity contribution in [3.8, 4) is 0 Å². The first kappa shape index (κ1) is 7.25. The minimum absolute atomic E-state index is 0.150. The number of aldehydes is 1. The molecule has 1 aliphatic rings. The minimum Gasteiger partial charge on any atom is -0.453 e. The van der Waals surface area contributed by atoms with Crippen molar-refractivity contribution >= 4 is 12.3 Å². The van der Waals surface area contributed by atoms with Crippen LogP contribution in [0, 0.1) is 5.92 Å². The molecule has 0 spiro atoms. The van der Waals surface area contributed by atoms with E-state index in [0.29, 0.717) is 6.29 Å². The molecule has 3 heteroatoms. The smallest absolute Gasteiger partial charge is 0.313 e. The van der Waals surface area contributed by atoms with E-state index in [-0.39, 0.29) is 11.9 Å². The predicted molar refractivity (Wildman–Crippen MR) is 34.3 cm³/mol. The average Bonchev–Trinajstić information content (AvgIpc) is 1.95. The molecule has 1 rings (SSSR count). The highest BCUT2D eigenvalue weighted by Gasteiger charge is 2.41. The van der Waals surface area contributed by atoms with E-state index in [4.69, 9.17) is 0 Å². The Morgan fingerprint density at radius 2 is 2.40 bits per heavy atom. The molecule has 0 amide bonds. The summed E-state index contributed by atoms with van der Waals surface area (Å²) in [7, 11) is 0. The lowest BCUT2D eigenvalue weighted by Crippen LogP contribution is -2.45. The Morgan fingerprint density at radius 3 is 2.80 bits per heavy atom. The fourth-order valence-electron chi connectivity index (χ4n) is 1.08. The van der Waals surface area contributed by atoms with Crippen molar-refractivity contribution in [3.63, 3.8) is 0 Å². The number of carbonyl (C=O) groups is 2. The fraction of sp³-hybridized carbons (Fsp3) is 0.714. The molecule has 3 nitrogen and oxygen atoms in total. The largest absolute Gasteiger partial charge is 0.453 e. The third-order valence-electron chi connectivity index (χ3n) is 1.69. The molecular formula is C7H10O3. The third kappa shape index (κ3) is 1.03. The van der Waals surface area contributed by atoms with Crippen molar-refractivity contribution in [2.75, 3.05) is 0 Å². The standard InChI is InChI=1S/C7H10O3/c1-2-3-5-6(4-8)10-7(5)9/h4-6H,2-3H2,1H3/t5-,6-/m1/s1. The molecule has 56 valence electrons. The van der Waals surface area contributed by atoms with E-state index in [0.717, 1.165) is 12.8 Å². The highest BCUT2D eigenvalue weighted by Crippen LogP contribution is 2.24. The van der Waals surface area contributed by atoms with Crippen LogP contribution in [-0.4, -0.2) is 18.4 Å². The zero-order valence-electron chi connectivity index (χ0n) is 5.87. The maximum atomic E-state index is 10.6. The second kappa shape index (κ2) is 2.82. The summed E-state index contributed by atoms with van der Waals surface area (Å²) in [5.41, 5.74) is 0. The van der Waals surface area contributed by atoms with E-state index in [1.54, 1.807) is 0 Å². The van der Waals surface area contributed by atoms with Crippen molar-refractivity contribution in [1.82, 2.24) is 0 Å². The second-order valence-electron chi connectivity index (χ2n) is 2.43. The molecule has 2 atom stereocenters. The van der Waals surface area contributed by atoms with Gasteiger partial charge in [0.25, 0.3) is 0 Å². The molecule has 0 aliphatic carbocycles. The Kier molecular flexibility index (Phi) is 2.04. The van der Waals surface area contributed by atoms with Gasteiger partial charge in [0.1, 0.15) is 5.92 Å². The minimum atomic E-state index is -0.451. The quantitative estimate of drug-likeness (QED) is 0.426. The van der Waals surface area contributed by atoms with Gasteiger partial charge in [-0.2, -0.15) is 0 Å². The lowest BCUT2D eigenvalue weighted by Gasteiger charge is -2.30. The molecule has 0 unspecified atom stereocenters. The Labute approximate surface area is 59.4 Å². The fourth-order valence-corrected chi connectivity index (χ4v) is 1.08. The second-order valence-corrected chi connectivity index (χ2v) is 2.43. The Balaban J connectivity index is 2.39. The Morgan fingerprint density at radius 1 is 1.70 bits per heavy atom. The van der Waals surface area contributed by atoms with Gasteiger partial charge in [0.2, 0.25) is 0 Å². The van der Waals surface area contributed by atoms with Crippen LogP contribution in [0.2, 0.25) is 0 Å². The van der Waals surface area contributed by atoms with Crippen molar-refractivity contribution in [3.05, 3.63) is 0 Å². The summed E-state index contributed by atoms with van der Waals surface area (Å²) >= 11 is 0. The number of carbonyl (C=O) groups excluding carboxylic acids is 2. The van der Waals surface area contributed by atoms with E-state index in [9.17, 15) is 9.59 Å². The van der Waals surface area contributed by atoms with Crippen LogP contribution in [0.15, 0.2) is 0 Å². The van der Waals surface area contributed by atoms with Crippen LogP contribution in [0.4, 0.5) is 0 Å². The van der Waals surface area contributed by atoms with Gasteiger partial charge in [-0.15, -0.1) is 0 Å². The van der Waals surface area contributed by atoms with Gasteiger partial charge in [-0.3, -0.25) is 9.59 Å². The maximum absolute atomic E-state index is 10.6. The maximum Gasteiger partial charge on any atom is 0.313 e. The molecule has 1 saturated heterocycles. The lowest BCUT2D eigenvalue weighted by molar-refractivity contribution is -0.184. The van der Waals surface area contributed by atoms with E-state index >= 15 is 0 Å². The first-order valence-electron chi connectivity index (χ1n) is 3.45. The predicted octanol–water partition coefficient (Wildman–Crippen LogP) is 0.527. The zero-order chi connectivity index (χ0) is 7.56. The molecule has 1 aliphatic heterocycles. The molecule has 0 saturated carbocycles. The van der Waals surface area contributed by atoms with Crippen LogP contribution >= 0.6 is 0 Å². The van der Waals surface area contributed by atoms with Crippen LogP contribution in [0.5, 0.6) is 0 Å². The monoisotopic (exact) mass is 142 g/mol. The highest BCUT2D eigenvalue weighted by atomic mass is 16.6. The van der Waals surface area contributed by atoms with Gasteiger partial charge in [-0.25, -0.2) is 0 Å². The summed E-state index contributed by atoms with van der Waals surface area (Å²) < 4.78 is 4.55. The van der Waals surface area contributed by atoms with Gasteiger partial charge in [0, 0.05) is 0 Å². The van der Waals surface area contributed by atoms with E-state index in [1.807, 2.05) is 6.92 Å². The number of rotatable bonds is 3. The normalized spacial score (nSPS) is 30.7. The summed E-state index contributed by atoms with van der Waals surface area (Å²) in [6.07, 6.45) is 1.93. The van der Waals surface area contributed by atoms with Gasteiger partial charge < -0.3 is 4.74 Å². The van der Waals surface area contributed by atoms with Crippen molar-refractivity contribution in [2.24, 2.45) is 5.92 Å². The molecule has 10 heavy (non-hydrogen) atoms. The zero-order valence-corrected chi connectivity index (χ0v) is 5.87. The molecule has 0 radical (unpaired) electrons. The first-order chi connectivity index (χ1) is 4.79. The number of esters is 1. The summed E-state index contributed by atoms with van der Waals surface area (Å²) in [6, 6.07) is 0. The molecule has 0 N–H and O–H groups in total. The Bertz CT molecular complexity index is 153. The van der Waals surface area contributed by atoms with E-state index in [1.165, 1.54) is 0 Å². The van der Waals surface area contributed by atoms with Crippen LogP contribution in [0.1, 0.15) is 19.8 Å². The van der Waals surface area contributed by atoms with Crippen LogP contribution in [0.3, 0.4) is 0 Å². The molecule has 0 aromatic rings. The summed E-state index contributed by atoms with van der Waals surface area (Å²) in [5.74, 6) is -0.374. The Hall–Kier alpha value is -0.860. The topological polar surface area (TPSA) is 43.4 Å². The summed E-state index contributed by atoms with van der Waals surface area (Å²) in [5, 5.41) is 0. The van der Waals surface area contributed by atoms with Crippen molar-refractivity contribution in [2.45, 2.75) is 25.9 Å². The highest BCUT2D eigenvalue weighted by molar-refractivity contribution is 5.85. The number of ether oxygens (including phenoxy) is 1. The SMILES string of the molecule is CCC[C@H]1C(=O)O[C@@H]1C=O. The number of hydrogen-bond acceptors (Lipinski definition) is 3. The summed E-state index contributed by atoms with van der Waals surface area (Å²) in [4.78, 5) is 20.7. The van der Waals surface area contributed by atoms with Crippen LogP contribution in [0.25, 0.3) is 0 Å². The van der Waals surface area contributed by atoms with Crippen molar-refractivity contribution < 1.29 is 14.3 Å². The molecule has 0 bridgehead atoms. The van der Waals surface area contributed by atoms with Gasteiger partial charge in [-0.05, 0) is 6.42 Å². The average molecular weight is 142 g/mol. The summed E-state index contributed by atoms with van der Waals surface area (Å²) in [6.45, 7) is 1.98. The number of cyclic esters (lactones) is 1. The van der Waals surface area contributed by atoms with Gasteiger partial charge in [0.05, 0.1) is 0 Å². The van der Waals surface area contributed by atoms with Crippen LogP contribution in [-0.2, 0) is 14.3 Å². The van der Waals surface area contributed by atoms with E-state index in [2.05, 4.69) is 4.74 Å². The molecule has 0 aromatic heterocycles. The molecular weight excluding hydrogens is 132 g/mol. The van der Waals surface area contributed by atoms with E-state index < -0.39 is 6.10 Å². The lowest BCUT2D eigenvalue weighted by atomic mass is 9.93. The van der Waals surface area contributed by atoms with Gasteiger partial charge in [0.15, 0.2) is 12.4 Å². The molecule has 0 aromatic carbocycles. The third-order valence-corrected chi connectivity index (χ3v) is 1.69.